The predicted molar refractivity (Wildman–Crippen MR) is 61.2 cm³/mol. The van der Waals surface area contributed by atoms with Crippen molar-refractivity contribution in [2.24, 2.45) is 0 Å². The van der Waals surface area contributed by atoms with Gasteiger partial charge in [-0.25, -0.2) is 0 Å². The first-order valence-corrected chi connectivity index (χ1v) is 5.69. The fourth-order valence-corrected chi connectivity index (χ4v) is 1.85. The van der Waals surface area contributed by atoms with Crippen LogP contribution in [-0.2, 0) is 6.42 Å². The maximum Gasteiger partial charge on any atom is 0.0624 e. The van der Waals surface area contributed by atoms with Gasteiger partial charge in [0, 0.05) is 6.04 Å². The molecular weight excluding hydrogens is 217 g/mol. The van der Waals surface area contributed by atoms with E-state index in [-0.39, 0.29) is 0 Å². The Labute approximate surface area is 94.4 Å². The van der Waals surface area contributed by atoms with Crippen LogP contribution in [0.25, 0.3) is 0 Å². The molecule has 0 amide bonds. The van der Waals surface area contributed by atoms with Gasteiger partial charge in [-0.3, -0.25) is 0 Å². The van der Waals surface area contributed by atoms with E-state index in [2.05, 4.69) is 5.32 Å². The van der Waals surface area contributed by atoms with Crippen LogP contribution >= 0.6 is 23.2 Å². The standard InChI is InChI=1S/C11H13Cl2N/c12-10-3-1-2-8(11(10)13)6-7-14-9-4-5-9/h1-3,9,14H,4-7H2. The summed E-state index contributed by atoms with van der Waals surface area (Å²) in [5, 5.41) is 4.80. The van der Waals surface area contributed by atoms with Crippen molar-refractivity contribution in [1.82, 2.24) is 5.32 Å². The highest BCUT2D eigenvalue weighted by atomic mass is 35.5. The van der Waals surface area contributed by atoms with Crippen LogP contribution < -0.4 is 5.32 Å². The van der Waals surface area contributed by atoms with Gasteiger partial charge in [-0.05, 0) is 37.4 Å². The lowest BCUT2D eigenvalue weighted by Gasteiger charge is -2.06. The van der Waals surface area contributed by atoms with Crippen LogP contribution in [0.15, 0.2) is 18.2 Å². The van der Waals surface area contributed by atoms with E-state index in [9.17, 15) is 0 Å². The van der Waals surface area contributed by atoms with Crippen molar-refractivity contribution in [3.8, 4) is 0 Å². The largest absolute Gasteiger partial charge is 0.314 e. The molecule has 0 atom stereocenters. The van der Waals surface area contributed by atoms with Crippen molar-refractivity contribution in [2.45, 2.75) is 25.3 Å². The highest BCUT2D eigenvalue weighted by molar-refractivity contribution is 6.42. The molecule has 14 heavy (non-hydrogen) atoms. The summed E-state index contributed by atoms with van der Waals surface area (Å²) < 4.78 is 0. The molecule has 1 nitrogen and oxygen atoms in total. The lowest BCUT2D eigenvalue weighted by atomic mass is 10.1. The Kier molecular flexibility index (Phi) is 3.32. The third-order valence-electron chi connectivity index (χ3n) is 2.44. The van der Waals surface area contributed by atoms with Crippen LogP contribution in [0.3, 0.4) is 0 Å². The summed E-state index contributed by atoms with van der Waals surface area (Å²) in [6.07, 6.45) is 3.60. The monoisotopic (exact) mass is 229 g/mol. The van der Waals surface area contributed by atoms with Crippen LogP contribution in [0.4, 0.5) is 0 Å². The number of rotatable bonds is 4. The lowest BCUT2D eigenvalue weighted by molar-refractivity contribution is 0.682. The molecule has 0 radical (unpaired) electrons. The van der Waals surface area contributed by atoms with Gasteiger partial charge in [0.1, 0.15) is 0 Å². The van der Waals surface area contributed by atoms with Gasteiger partial charge in [0.25, 0.3) is 0 Å². The topological polar surface area (TPSA) is 12.0 Å². The maximum absolute atomic E-state index is 6.06. The van der Waals surface area contributed by atoms with Crippen molar-refractivity contribution in [3.05, 3.63) is 33.8 Å². The number of nitrogens with one attached hydrogen (secondary N) is 1. The van der Waals surface area contributed by atoms with Crippen LogP contribution in [0, 0.1) is 0 Å². The Morgan fingerprint density at radius 1 is 1.29 bits per heavy atom. The molecule has 0 unspecified atom stereocenters. The van der Waals surface area contributed by atoms with Gasteiger partial charge in [0.15, 0.2) is 0 Å². The first-order chi connectivity index (χ1) is 6.77. The molecule has 1 fully saturated rings. The van der Waals surface area contributed by atoms with E-state index >= 15 is 0 Å². The fourth-order valence-electron chi connectivity index (χ4n) is 1.44. The third kappa shape index (κ3) is 2.63. The highest BCUT2D eigenvalue weighted by Gasteiger charge is 2.19. The highest BCUT2D eigenvalue weighted by Crippen LogP contribution is 2.26. The summed E-state index contributed by atoms with van der Waals surface area (Å²) in [5.74, 6) is 0. The van der Waals surface area contributed by atoms with Gasteiger partial charge < -0.3 is 5.32 Å². The van der Waals surface area contributed by atoms with Gasteiger partial charge in [-0.15, -0.1) is 0 Å². The zero-order valence-electron chi connectivity index (χ0n) is 7.89. The smallest absolute Gasteiger partial charge is 0.0624 e. The third-order valence-corrected chi connectivity index (χ3v) is 3.29. The van der Waals surface area contributed by atoms with E-state index in [0.29, 0.717) is 10.0 Å². The van der Waals surface area contributed by atoms with E-state index in [1.807, 2.05) is 18.2 Å². The van der Waals surface area contributed by atoms with Crippen molar-refractivity contribution in [1.29, 1.82) is 0 Å². The molecule has 1 aromatic rings. The molecule has 1 N–H and O–H groups in total. The molecule has 1 aliphatic rings. The second kappa shape index (κ2) is 4.52. The van der Waals surface area contributed by atoms with Crippen molar-refractivity contribution >= 4 is 23.2 Å². The second-order valence-corrected chi connectivity index (χ2v) is 4.48. The molecule has 0 aliphatic heterocycles. The molecule has 1 aromatic carbocycles. The Hall–Kier alpha value is -0.240. The van der Waals surface area contributed by atoms with E-state index in [4.69, 9.17) is 23.2 Å². The molecule has 2 rings (SSSR count). The fraction of sp³-hybridized carbons (Fsp3) is 0.455. The first-order valence-electron chi connectivity index (χ1n) is 4.93. The van der Waals surface area contributed by atoms with Crippen molar-refractivity contribution in [3.63, 3.8) is 0 Å². The van der Waals surface area contributed by atoms with Crippen molar-refractivity contribution in [2.75, 3.05) is 6.54 Å². The Balaban J connectivity index is 1.90. The Morgan fingerprint density at radius 3 is 2.79 bits per heavy atom. The average molecular weight is 230 g/mol. The molecule has 0 saturated heterocycles. The van der Waals surface area contributed by atoms with Gasteiger partial charge in [0.2, 0.25) is 0 Å². The first kappa shape index (κ1) is 10.3. The average Bonchev–Trinajstić information content (AvgIpc) is 2.96. The van der Waals surface area contributed by atoms with Gasteiger partial charge in [-0.2, -0.15) is 0 Å². The quantitative estimate of drug-likeness (QED) is 0.836. The summed E-state index contributed by atoms with van der Waals surface area (Å²) in [7, 11) is 0. The van der Waals surface area contributed by atoms with Crippen LogP contribution in [0.5, 0.6) is 0 Å². The van der Waals surface area contributed by atoms with Crippen molar-refractivity contribution < 1.29 is 0 Å². The summed E-state index contributed by atoms with van der Waals surface area (Å²) >= 11 is 12.0. The Bertz CT molecular complexity index is 321. The molecule has 1 saturated carbocycles. The van der Waals surface area contributed by atoms with E-state index in [0.717, 1.165) is 24.6 Å². The van der Waals surface area contributed by atoms with Gasteiger partial charge in [0.05, 0.1) is 10.0 Å². The van der Waals surface area contributed by atoms with Crippen LogP contribution in [0.1, 0.15) is 18.4 Å². The molecule has 0 heterocycles. The zero-order valence-corrected chi connectivity index (χ0v) is 9.41. The summed E-state index contributed by atoms with van der Waals surface area (Å²) in [5.41, 5.74) is 1.13. The molecule has 3 heteroatoms. The van der Waals surface area contributed by atoms with Gasteiger partial charge >= 0.3 is 0 Å². The molecular formula is C11H13Cl2N. The normalized spacial score (nSPS) is 15.9. The second-order valence-electron chi connectivity index (χ2n) is 3.69. The zero-order chi connectivity index (χ0) is 9.97. The lowest BCUT2D eigenvalue weighted by Crippen LogP contribution is -2.19. The number of halogens is 2. The maximum atomic E-state index is 6.06. The summed E-state index contributed by atoms with van der Waals surface area (Å²) in [6, 6.07) is 6.55. The number of hydrogen-bond donors (Lipinski definition) is 1. The minimum Gasteiger partial charge on any atom is -0.314 e. The molecule has 0 aromatic heterocycles. The van der Waals surface area contributed by atoms with Crippen LogP contribution in [0.2, 0.25) is 10.0 Å². The SMILES string of the molecule is Clc1cccc(CCNC2CC2)c1Cl. The Morgan fingerprint density at radius 2 is 2.07 bits per heavy atom. The molecule has 0 bridgehead atoms. The summed E-state index contributed by atoms with van der Waals surface area (Å²) in [6.45, 7) is 0.991. The minimum absolute atomic E-state index is 0.649. The van der Waals surface area contributed by atoms with E-state index < -0.39 is 0 Å². The minimum atomic E-state index is 0.649. The van der Waals surface area contributed by atoms with E-state index in [1.165, 1.54) is 12.8 Å². The number of benzene rings is 1. The molecule has 1 aliphatic carbocycles. The summed E-state index contributed by atoms with van der Waals surface area (Å²) in [4.78, 5) is 0. The molecule has 0 spiro atoms. The predicted octanol–water partition coefficient (Wildman–Crippen LogP) is 3.29. The van der Waals surface area contributed by atoms with Gasteiger partial charge in [-0.1, -0.05) is 35.3 Å². The van der Waals surface area contributed by atoms with Crippen LogP contribution in [-0.4, -0.2) is 12.6 Å². The number of hydrogen-bond acceptors (Lipinski definition) is 1. The van der Waals surface area contributed by atoms with E-state index in [1.54, 1.807) is 0 Å². The molecule has 76 valence electrons.